The minimum absolute atomic E-state index is 0.0290. The van der Waals surface area contributed by atoms with Gasteiger partial charge in [0, 0.05) is 18.7 Å². The highest BCUT2D eigenvalue weighted by Gasteiger charge is 2.07. The monoisotopic (exact) mass is 274 g/mol. The van der Waals surface area contributed by atoms with Crippen molar-refractivity contribution < 1.29 is 14.2 Å². The normalized spacial score (nSPS) is 12.5. The molecule has 3 nitrogen and oxygen atoms in total. The molecule has 1 rings (SSSR count). The van der Waals surface area contributed by atoms with Crippen molar-refractivity contribution in [3.05, 3.63) is 28.7 Å². The highest BCUT2D eigenvalue weighted by Crippen LogP contribution is 2.16. The van der Waals surface area contributed by atoms with Crippen LogP contribution in [0, 0.1) is 0 Å². The first-order valence-electron chi connectivity index (χ1n) is 4.66. The van der Waals surface area contributed by atoms with Gasteiger partial charge in [-0.3, -0.25) is 0 Å². The van der Waals surface area contributed by atoms with Crippen molar-refractivity contribution in [2.45, 2.75) is 6.10 Å². The van der Waals surface area contributed by atoms with Crippen molar-refractivity contribution >= 4 is 15.9 Å². The number of hydrogen-bond donors (Lipinski definition) is 0. The summed E-state index contributed by atoms with van der Waals surface area (Å²) < 4.78 is 16.7. The molecule has 0 aliphatic carbocycles. The van der Waals surface area contributed by atoms with Gasteiger partial charge in [0.05, 0.1) is 6.61 Å². The lowest BCUT2D eigenvalue weighted by Gasteiger charge is -2.15. The molecule has 0 aliphatic rings. The maximum absolute atomic E-state index is 5.54. The zero-order chi connectivity index (χ0) is 11.1. The molecule has 1 atom stereocenters. The van der Waals surface area contributed by atoms with Crippen molar-refractivity contribution in [2.24, 2.45) is 0 Å². The van der Waals surface area contributed by atoms with Crippen LogP contribution in [0.15, 0.2) is 28.7 Å². The van der Waals surface area contributed by atoms with Crippen molar-refractivity contribution in [1.82, 2.24) is 0 Å². The fourth-order valence-electron chi connectivity index (χ4n) is 1.09. The van der Waals surface area contributed by atoms with E-state index in [1.165, 1.54) is 0 Å². The number of ether oxygens (including phenoxy) is 3. The van der Waals surface area contributed by atoms with Crippen LogP contribution in [-0.4, -0.2) is 33.5 Å². The van der Waals surface area contributed by atoms with Gasteiger partial charge in [-0.2, -0.15) is 0 Å². The topological polar surface area (TPSA) is 27.7 Å². The Morgan fingerprint density at radius 3 is 2.33 bits per heavy atom. The molecular weight excluding hydrogens is 260 g/mol. The van der Waals surface area contributed by atoms with Crippen molar-refractivity contribution in [3.63, 3.8) is 0 Å². The van der Waals surface area contributed by atoms with Gasteiger partial charge in [-0.05, 0) is 24.3 Å². The van der Waals surface area contributed by atoms with Gasteiger partial charge in [-0.15, -0.1) is 0 Å². The van der Waals surface area contributed by atoms with Crippen molar-refractivity contribution in [3.8, 4) is 5.75 Å². The predicted molar refractivity (Wildman–Crippen MR) is 62.3 cm³/mol. The lowest BCUT2D eigenvalue weighted by molar-refractivity contribution is 0.000874. The van der Waals surface area contributed by atoms with E-state index in [1.54, 1.807) is 14.2 Å². The van der Waals surface area contributed by atoms with E-state index in [0.717, 1.165) is 10.2 Å². The van der Waals surface area contributed by atoms with Gasteiger partial charge < -0.3 is 14.2 Å². The summed E-state index contributed by atoms with van der Waals surface area (Å²) in [6, 6.07) is 7.69. The lowest BCUT2D eigenvalue weighted by Crippen LogP contribution is -2.25. The first-order valence-corrected chi connectivity index (χ1v) is 5.45. The van der Waals surface area contributed by atoms with Gasteiger partial charge >= 0.3 is 0 Å². The summed E-state index contributed by atoms with van der Waals surface area (Å²) in [5.41, 5.74) is 0. The van der Waals surface area contributed by atoms with E-state index in [1.807, 2.05) is 24.3 Å². The molecule has 1 aromatic carbocycles. The van der Waals surface area contributed by atoms with E-state index in [-0.39, 0.29) is 6.10 Å². The Balaban J connectivity index is 2.38. The fourth-order valence-corrected chi connectivity index (χ4v) is 1.35. The summed E-state index contributed by atoms with van der Waals surface area (Å²) in [7, 11) is 3.29. The quantitative estimate of drug-likeness (QED) is 0.798. The molecule has 0 saturated carbocycles. The molecule has 0 spiro atoms. The van der Waals surface area contributed by atoms with Crippen LogP contribution < -0.4 is 4.74 Å². The highest BCUT2D eigenvalue weighted by atomic mass is 79.9. The van der Waals surface area contributed by atoms with Gasteiger partial charge in [-0.1, -0.05) is 15.9 Å². The zero-order valence-electron chi connectivity index (χ0n) is 8.90. The minimum Gasteiger partial charge on any atom is -0.491 e. The number of hydrogen-bond acceptors (Lipinski definition) is 3. The SMILES string of the molecule is COCC(COc1ccc(Br)cc1)OC. The largest absolute Gasteiger partial charge is 0.491 e. The molecule has 0 aromatic heterocycles. The summed E-state index contributed by atoms with van der Waals surface area (Å²) in [6.07, 6.45) is -0.0290. The van der Waals surface area contributed by atoms with E-state index in [4.69, 9.17) is 14.2 Å². The van der Waals surface area contributed by atoms with Crippen LogP contribution in [0.1, 0.15) is 0 Å². The number of benzene rings is 1. The molecule has 84 valence electrons. The van der Waals surface area contributed by atoms with Crippen LogP contribution in [-0.2, 0) is 9.47 Å². The fraction of sp³-hybridized carbons (Fsp3) is 0.455. The Labute approximate surface area is 98.5 Å². The number of rotatable bonds is 6. The molecule has 0 bridgehead atoms. The molecule has 1 aromatic rings. The Morgan fingerprint density at radius 1 is 1.13 bits per heavy atom. The maximum atomic E-state index is 5.54. The summed E-state index contributed by atoms with van der Waals surface area (Å²) >= 11 is 3.36. The van der Waals surface area contributed by atoms with Crippen molar-refractivity contribution in [2.75, 3.05) is 27.4 Å². The van der Waals surface area contributed by atoms with Gasteiger partial charge in [0.25, 0.3) is 0 Å². The smallest absolute Gasteiger partial charge is 0.119 e. The second kappa shape index (κ2) is 6.82. The van der Waals surface area contributed by atoms with Crippen LogP contribution in [0.5, 0.6) is 5.75 Å². The molecule has 1 unspecified atom stereocenters. The van der Waals surface area contributed by atoms with Gasteiger partial charge in [-0.25, -0.2) is 0 Å². The highest BCUT2D eigenvalue weighted by molar-refractivity contribution is 9.10. The molecule has 4 heteroatoms. The average molecular weight is 275 g/mol. The molecule has 0 amide bonds. The van der Waals surface area contributed by atoms with Crippen LogP contribution in [0.25, 0.3) is 0 Å². The third-order valence-corrected chi connectivity index (χ3v) is 2.46. The third kappa shape index (κ3) is 4.64. The van der Waals surface area contributed by atoms with E-state index >= 15 is 0 Å². The molecule has 0 fully saturated rings. The Morgan fingerprint density at radius 2 is 1.80 bits per heavy atom. The third-order valence-electron chi connectivity index (χ3n) is 1.94. The second-order valence-electron chi connectivity index (χ2n) is 3.08. The average Bonchev–Trinajstić information content (AvgIpc) is 2.26. The van der Waals surface area contributed by atoms with E-state index < -0.39 is 0 Å². The van der Waals surface area contributed by atoms with Gasteiger partial charge in [0.1, 0.15) is 18.5 Å². The molecule has 0 N–H and O–H groups in total. The lowest BCUT2D eigenvalue weighted by atomic mass is 10.3. The Bertz CT molecular complexity index is 274. The van der Waals surface area contributed by atoms with Crippen LogP contribution in [0.3, 0.4) is 0 Å². The Kier molecular flexibility index (Phi) is 5.68. The van der Waals surface area contributed by atoms with Crippen LogP contribution in [0.4, 0.5) is 0 Å². The first kappa shape index (κ1) is 12.5. The maximum Gasteiger partial charge on any atom is 0.119 e. The predicted octanol–water partition coefficient (Wildman–Crippen LogP) is 2.49. The molecule has 0 saturated heterocycles. The standard InChI is InChI=1S/C11H15BrO3/c1-13-7-11(14-2)8-15-10-5-3-9(12)4-6-10/h3-6,11H,7-8H2,1-2H3. The summed E-state index contributed by atoms with van der Waals surface area (Å²) in [4.78, 5) is 0. The minimum atomic E-state index is -0.0290. The zero-order valence-corrected chi connectivity index (χ0v) is 10.5. The number of methoxy groups -OCH3 is 2. The second-order valence-corrected chi connectivity index (χ2v) is 3.99. The number of halogens is 1. The van der Waals surface area contributed by atoms with E-state index in [2.05, 4.69) is 15.9 Å². The first-order chi connectivity index (χ1) is 7.26. The summed E-state index contributed by atoms with van der Waals surface area (Å²) in [5, 5.41) is 0. The molecule has 0 aliphatic heterocycles. The van der Waals surface area contributed by atoms with Crippen LogP contribution >= 0.6 is 15.9 Å². The van der Waals surface area contributed by atoms with Crippen LogP contribution in [0.2, 0.25) is 0 Å². The Hall–Kier alpha value is -0.580. The van der Waals surface area contributed by atoms with E-state index in [0.29, 0.717) is 13.2 Å². The molecule has 0 heterocycles. The molecule has 15 heavy (non-hydrogen) atoms. The van der Waals surface area contributed by atoms with Crippen molar-refractivity contribution in [1.29, 1.82) is 0 Å². The summed E-state index contributed by atoms with van der Waals surface area (Å²) in [6.45, 7) is 1.03. The van der Waals surface area contributed by atoms with Gasteiger partial charge in [0.15, 0.2) is 0 Å². The summed E-state index contributed by atoms with van der Waals surface area (Å²) in [5.74, 6) is 0.830. The molecular formula is C11H15BrO3. The van der Waals surface area contributed by atoms with Gasteiger partial charge in [0.2, 0.25) is 0 Å². The molecule has 0 radical (unpaired) electrons. The van der Waals surface area contributed by atoms with E-state index in [9.17, 15) is 0 Å².